The van der Waals surface area contributed by atoms with Gasteiger partial charge >= 0.3 is 12.1 Å². The average molecular weight is 413 g/mol. The Balaban J connectivity index is 1.92. The number of rotatable bonds is 8. The second-order valence-electron chi connectivity index (χ2n) is 6.78. The van der Waals surface area contributed by atoms with Gasteiger partial charge in [0.15, 0.2) is 0 Å². The maximum absolute atomic E-state index is 12.8. The first-order valence-corrected chi connectivity index (χ1v) is 8.94. The summed E-state index contributed by atoms with van der Waals surface area (Å²) in [6.07, 6.45) is -4.25. The molecule has 1 N–H and O–H groups in total. The number of hydrogen-bond donors (Lipinski definition) is 1. The van der Waals surface area contributed by atoms with Gasteiger partial charge in [0.25, 0.3) is 0 Å². The number of carbonyl (C=O) groups excluding carboxylic acids is 2. The van der Waals surface area contributed by atoms with Gasteiger partial charge in [-0.3, -0.25) is 4.79 Å². The van der Waals surface area contributed by atoms with Crippen molar-refractivity contribution in [2.24, 2.45) is 5.92 Å². The van der Waals surface area contributed by atoms with Gasteiger partial charge in [-0.2, -0.15) is 13.2 Å². The van der Waals surface area contributed by atoms with Gasteiger partial charge in [0.05, 0.1) is 19.1 Å². The Bertz CT molecular complexity index is 849. The van der Waals surface area contributed by atoms with Crippen molar-refractivity contribution in [3.8, 4) is 0 Å². The molecular formula is C19H22F3N3O4. The molecule has 158 valence electrons. The van der Waals surface area contributed by atoms with E-state index in [0.717, 1.165) is 12.1 Å². The molecule has 0 aliphatic heterocycles. The minimum Gasteiger partial charge on any atom is -0.467 e. The molecule has 0 radical (unpaired) electrons. The SMILES string of the molecule is COC(=O)[C@@H](NC(=O)CCc1nnc(Cc2cccc(C(F)(F)F)c2)o1)C(C)C. The molecule has 0 fully saturated rings. The minimum atomic E-state index is -4.43. The summed E-state index contributed by atoms with van der Waals surface area (Å²) in [6, 6.07) is 4.10. The first-order valence-electron chi connectivity index (χ1n) is 8.94. The van der Waals surface area contributed by atoms with E-state index in [0.29, 0.717) is 5.56 Å². The van der Waals surface area contributed by atoms with Gasteiger partial charge in [0, 0.05) is 12.8 Å². The Morgan fingerprint density at radius 1 is 1.21 bits per heavy atom. The Labute approximate surface area is 165 Å². The van der Waals surface area contributed by atoms with Crippen molar-refractivity contribution < 1.29 is 31.9 Å². The Morgan fingerprint density at radius 2 is 1.90 bits per heavy atom. The third kappa shape index (κ3) is 6.58. The van der Waals surface area contributed by atoms with Crippen LogP contribution >= 0.6 is 0 Å². The van der Waals surface area contributed by atoms with Crippen LogP contribution in [0, 0.1) is 5.92 Å². The number of esters is 1. The predicted octanol–water partition coefficient (Wildman–Crippen LogP) is 2.93. The van der Waals surface area contributed by atoms with Crippen molar-refractivity contribution in [3.63, 3.8) is 0 Å². The lowest BCUT2D eigenvalue weighted by atomic mass is 10.0. The summed E-state index contributed by atoms with van der Waals surface area (Å²) in [6.45, 7) is 3.56. The fraction of sp³-hybridized carbons (Fsp3) is 0.474. The molecule has 10 heteroatoms. The largest absolute Gasteiger partial charge is 0.467 e. The maximum atomic E-state index is 12.8. The number of hydrogen-bond acceptors (Lipinski definition) is 6. The van der Waals surface area contributed by atoms with Crippen LogP contribution in [0.3, 0.4) is 0 Å². The highest BCUT2D eigenvalue weighted by molar-refractivity contribution is 5.84. The Kier molecular flexibility index (Phi) is 7.35. The number of amides is 1. The molecule has 1 atom stereocenters. The highest BCUT2D eigenvalue weighted by Crippen LogP contribution is 2.29. The van der Waals surface area contributed by atoms with Gasteiger partial charge in [0.2, 0.25) is 17.7 Å². The van der Waals surface area contributed by atoms with Crippen LogP contribution in [0.25, 0.3) is 0 Å². The van der Waals surface area contributed by atoms with Gasteiger partial charge in [-0.05, 0) is 17.5 Å². The fourth-order valence-electron chi connectivity index (χ4n) is 2.58. The first-order chi connectivity index (χ1) is 13.6. The molecule has 0 saturated heterocycles. The molecule has 1 aromatic heterocycles. The lowest BCUT2D eigenvalue weighted by Gasteiger charge is -2.19. The number of aryl methyl sites for hydroxylation is 1. The molecule has 2 rings (SSSR count). The zero-order valence-electron chi connectivity index (χ0n) is 16.2. The van der Waals surface area contributed by atoms with Crippen molar-refractivity contribution in [1.29, 1.82) is 0 Å². The predicted molar refractivity (Wildman–Crippen MR) is 95.7 cm³/mol. The Morgan fingerprint density at radius 3 is 2.52 bits per heavy atom. The van der Waals surface area contributed by atoms with E-state index in [4.69, 9.17) is 4.42 Å². The van der Waals surface area contributed by atoms with Crippen LogP contribution in [-0.2, 0) is 33.3 Å². The van der Waals surface area contributed by atoms with Crippen LogP contribution in [0.5, 0.6) is 0 Å². The number of methoxy groups -OCH3 is 1. The average Bonchev–Trinajstić information content (AvgIpc) is 3.10. The molecule has 7 nitrogen and oxygen atoms in total. The van der Waals surface area contributed by atoms with Crippen LogP contribution in [0.2, 0.25) is 0 Å². The molecule has 1 aromatic carbocycles. The van der Waals surface area contributed by atoms with Gasteiger partial charge in [-0.15, -0.1) is 10.2 Å². The first kappa shape index (κ1) is 22.4. The van der Waals surface area contributed by atoms with Gasteiger partial charge in [-0.25, -0.2) is 4.79 Å². The number of ether oxygens (including phenoxy) is 1. The molecule has 29 heavy (non-hydrogen) atoms. The Hall–Kier alpha value is -2.91. The topological polar surface area (TPSA) is 94.3 Å². The van der Waals surface area contributed by atoms with Gasteiger partial charge in [-0.1, -0.05) is 32.0 Å². The molecule has 0 aliphatic carbocycles. The molecule has 0 bridgehead atoms. The number of alkyl halides is 3. The number of benzene rings is 1. The molecule has 1 amide bonds. The lowest BCUT2D eigenvalue weighted by Crippen LogP contribution is -2.45. The van der Waals surface area contributed by atoms with E-state index in [1.807, 2.05) is 0 Å². The van der Waals surface area contributed by atoms with Crippen LogP contribution in [0.15, 0.2) is 28.7 Å². The number of halogens is 3. The van der Waals surface area contributed by atoms with E-state index in [-0.39, 0.29) is 42.9 Å². The zero-order valence-corrected chi connectivity index (χ0v) is 16.2. The van der Waals surface area contributed by atoms with E-state index in [9.17, 15) is 22.8 Å². The van der Waals surface area contributed by atoms with Crippen molar-refractivity contribution in [2.75, 3.05) is 7.11 Å². The molecule has 0 spiro atoms. The highest BCUT2D eigenvalue weighted by atomic mass is 19.4. The maximum Gasteiger partial charge on any atom is 0.416 e. The number of nitrogens with one attached hydrogen (secondary N) is 1. The second-order valence-corrected chi connectivity index (χ2v) is 6.78. The van der Waals surface area contributed by atoms with E-state index in [1.165, 1.54) is 19.2 Å². The summed E-state index contributed by atoms with van der Waals surface area (Å²) < 4.78 is 48.4. The number of nitrogens with zero attached hydrogens (tertiary/aromatic N) is 2. The summed E-state index contributed by atoms with van der Waals surface area (Å²) in [5.41, 5.74) is -0.373. The van der Waals surface area contributed by atoms with Crippen molar-refractivity contribution in [2.45, 2.75) is 45.3 Å². The van der Waals surface area contributed by atoms with Crippen LogP contribution in [0.1, 0.15) is 43.2 Å². The molecular weight excluding hydrogens is 391 g/mol. The quantitative estimate of drug-likeness (QED) is 0.669. The van der Waals surface area contributed by atoms with E-state index in [2.05, 4.69) is 20.3 Å². The standard InChI is InChI=1S/C19H22F3N3O4/c1-11(2)17(18(27)28-3)23-14(26)7-8-15-24-25-16(29-15)10-12-5-4-6-13(9-12)19(20,21)22/h4-6,9,11,17H,7-8,10H2,1-3H3,(H,23,26)/t17-/m0/s1. The van der Waals surface area contributed by atoms with Crippen molar-refractivity contribution in [1.82, 2.24) is 15.5 Å². The van der Waals surface area contributed by atoms with Crippen molar-refractivity contribution in [3.05, 3.63) is 47.2 Å². The summed E-state index contributed by atoms with van der Waals surface area (Å²) in [4.78, 5) is 23.7. The molecule has 2 aromatic rings. The summed E-state index contributed by atoms with van der Waals surface area (Å²) in [7, 11) is 1.24. The van der Waals surface area contributed by atoms with Crippen LogP contribution < -0.4 is 5.32 Å². The lowest BCUT2D eigenvalue weighted by molar-refractivity contribution is -0.146. The van der Waals surface area contributed by atoms with E-state index in [1.54, 1.807) is 13.8 Å². The molecule has 0 saturated carbocycles. The van der Waals surface area contributed by atoms with E-state index < -0.39 is 23.8 Å². The zero-order chi connectivity index (χ0) is 21.6. The number of aromatic nitrogens is 2. The summed E-state index contributed by atoms with van der Waals surface area (Å²) in [5, 5.41) is 10.2. The molecule has 1 heterocycles. The second kappa shape index (κ2) is 9.53. The van der Waals surface area contributed by atoms with Gasteiger partial charge < -0.3 is 14.5 Å². The summed E-state index contributed by atoms with van der Waals surface area (Å²) in [5.74, 6) is -0.731. The minimum absolute atomic E-state index is 0.00536. The number of carbonyl (C=O) groups is 2. The van der Waals surface area contributed by atoms with Gasteiger partial charge in [0.1, 0.15) is 6.04 Å². The summed E-state index contributed by atoms with van der Waals surface area (Å²) >= 11 is 0. The molecule has 0 aliphatic rings. The van der Waals surface area contributed by atoms with Crippen molar-refractivity contribution >= 4 is 11.9 Å². The fourth-order valence-corrected chi connectivity index (χ4v) is 2.58. The molecule has 0 unspecified atom stereocenters. The normalized spacial score (nSPS) is 12.7. The third-order valence-electron chi connectivity index (χ3n) is 4.12. The highest BCUT2D eigenvalue weighted by Gasteiger charge is 2.30. The monoisotopic (exact) mass is 413 g/mol. The van der Waals surface area contributed by atoms with Crippen LogP contribution in [-0.4, -0.2) is 35.2 Å². The van der Waals surface area contributed by atoms with Crippen LogP contribution in [0.4, 0.5) is 13.2 Å². The van der Waals surface area contributed by atoms with E-state index >= 15 is 0 Å². The third-order valence-corrected chi connectivity index (χ3v) is 4.12. The smallest absolute Gasteiger partial charge is 0.416 e.